The predicted octanol–water partition coefficient (Wildman–Crippen LogP) is 3.41. The molecule has 8 heteroatoms. The van der Waals surface area contributed by atoms with Crippen LogP contribution >= 0.6 is 0 Å². The first-order chi connectivity index (χ1) is 12.5. The number of carbonyl (C=O) groups is 1. The minimum atomic E-state index is -0.530. The third-order valence-electron chi connectivity index (χ3n) is 3.54. The van der Waals surface area contributed by atoms with E-state index < -0.39 is 4.92 Å². The minimum absolute atomic E-state index is 0.121. The molecular weight excluding hydrogens is 340 g/mol. The Morgan fingerprint density at radius 3 is 2.38 bits per heavy atom. The summed E-state index contributed by atoms with van der Waals surface area (Å²) in [5, 5.41) is 13.5. The molecule has 1 N–H and O–H groups in total. The van der Waals surface area contributed by atoms with E-state index in [2.05, 4.69) is 5.32 Å². The molecule has 1 amide bonds. The Labute approximate surface area is 150 Å². The maximum absolute atomic E-state index is 12.0. The summed E-state index contributed by atoms with van der Waals surface area (Å²) < 4.78 is 15.7. The number of benzene rings is 2. The molecule has 0 fully saturated rings. The molecule has 8 nitrogen and oxygen atoms in total. The molecule has 2 aromatic rings. The Hall–Kier alpha value is -3.29. The standard InChI is InChI=1S/C18H20N2O6/c1-24-14-6-8-15(9-7-14)26-11-3-4-18(21)19-16-12-13(20(22)23)5-10-17(16)25-2/h5-10,12H,3-4,11H2,1-2H3,(H,19,21). The third-order valence-corrected chi connectivity index (χ3v) is 3.54. The minimum Gasteiger partial charge on any atom is -0.497 e. The molecule has 0 aliphatic carbocycles. The molecule has 0 spiro atoms. The van der Waals surface area contributed by atoms with Crippen LogP contribution in [0.1, 0.15) is 12.8 Å². The largest absolute Gasteiger partial charge is 0.497 e. The summed E-state index contributed by atoms with van der Waals surface area (Å²) in [4.78, 5) is 22.4. The number of nitro benzene ring substituents is 1. The van der Waals surface area contributed by atoms with Crippen LogP contribution in [0.15, 0.2) is 42.5 Å². The Morgan fingerprint density at radius 2 is 1.77 bits per heavy atom. The Kier molecular flexibility index (Phi) is 6.78. The quantitative estimate of drug-likeness (QED) is 0.418. The highest BCUT2D eigenvalue weighted by Crippen LogP contribution is 2.29. The zero-order chi connectivity index (χ0) is 18.9. The van der Waals surface area contributed by atoms with Gasteiger partial charge in [-0.05, 0) is 36.8 Å². The van der Waals surface area contributed by atoms with Crippen molar-refractivity contribution >= 4 is 17.3 Å². The number of amides is 1. The fourth-order valence-electron chi connectivity index (χ4n) is 2.21. The number of hydrogen-bond donors (Lipinski definition) is 1. The zero-order valence-corrected chi connectivity index (χ0v) is 14.6. The lowest BCUT2D eigenvalue weighted by molar-refractivity contribution is -0.384. The summed E-state index contributed by atoms with van der Waals surface area (Å²) in [5.41, 5.74) is 0.145. The van der Waals surface area contributed by atoms with Crippen LogP contribution in [0.5, 0.6) is 17.2 Å². The summed E-state index contributed by atoms with van der Waals surface area (Å²) >= 11 is 0. The number of nitro groups is 1. The van der Waals surface area contributed by atoms with Gasteiger partial charge in [0.2, 0.25) is 5.91 Å². The smallest absolute Gasteiger partial charge is 0.271 e. The van der Waals surface area contributed by atoms with Crippen LogP contribution < -0.4 is 19.5 Å². The zero-order valence-electron chi connectivity index (χ0n) is 14.6. The maximum atomic E-state index is 12.0. The number of non-ortho nitro benzene ring substituents is 1. The molecule has 0 aromatic heterocycles. The number of ether oxygens (including phenoxy) is 3. The molecule has 0 unspecified atom stereocenters. The number of carbonyl (C=O) groups excluding carboxylic acids is 1. The van der Waals surface area contributed by atoms with Crippen molar-refractivity contribution in [3.8, 4) is 17.2 Å². The van der Waals surface area contributed by atoms with Crippen molar-refractivity contribution in [1.29, 1.82) is 0 Å². The van der Waals surface area contributed by atoms with Crippen molar-refractivity contribution in [3.63, 3.8) is 0 Å². The molecule has 0 saturated carbocycles. The summed E-state index contributed by atoms with van der Waals surface area (Å²) in [6, 6.07) is 11.2. The normalized spacial score (nSPS) is 10.1. The fourth-order valence-corrected chi connectivity index (χ4v) is 2.21. The second-order valence-electron chi connectivity index (χ2n) is 5.32. The number of hydrogen-bond acceptors (Lipinski definition) is 6. The summed E-state index contributed by atoms with van der Waals surface area (Å²) in [5.74, 6) is 1.51. The van der Waals surface area contributed by atoms with Gasteiger partial charge in [-0.3, -0.25) is 14.9 Å². The second kappa shape index (κ2) is 9.26. The number of anilines is 1. The van der Waals surface area contributed by atoms with Gasteiger partial charge in [0.15, 0.2) is 0 Å². The van der Waals surface area contributed by atoms with Gasteiger partial charge >= 0.3 is 0 Å². The van der Waals surface area contributed by atoms with Crippen molar-refractivity contribution in [1.82, 2.24) is 0 Å². The first kappa shape index (κ1) is 19.0. The Balaban J connectivity index is 1.82. The van der Waals surface area contributed by atoms with E-state index in [-0.39, 0.29) is 23.7 Å². The highest BCUT2D eigenvalue weighted by atomic mass is 16.6. The number of nitrogens with one attached hydrogen (secondary N) is 1. The van der Waals surface area contributed by atoms with Crippen LogP contribution in [0, 0.1) is 10.1 Å². The monoisotopic (exact) mass is 360 g/mol. The highest BCUT2D eigenvalue weighted by Gasteiger charge is 2.13. The van der Waals surface area contributed by atoms with Gasteiger partial charge in [0.1, 0.15) is 17.2 Å². The lowest BCUT2D eigenvalue weighted by atomic mass is 10.2. The number of methoxy groups -OCH3 is 2. The fraction of sp³-hybridized carbons (Fsp3) is 0.278. The summed E-state index contributed by atoms with van der Waals surface area (Å²) in [6.07, 6.45) is 0.705. The van der Waals surface area contributed by atoms with Crippen molar-refractivity contribution in [2.45, 2.75) is 12.8 Å². The predicted molar refractivity (Wildman–Crippen MR) is 96.0 cm³/mol. The average molecular weight is 360 g/mol. The summed E-state index contributed by atoms with van der Waals surface area (Å²) in [6.45, 7) is 0.367. The van der Waals surface area contributed by atoms with E-state index in [9.17, 15) is 14.9 Å². The molecule has 0 saturated heterocycles. The Bertz CT molecular complexity index is 761. The van der Waals surface area contributed by atoms with E-state index >= 15 is 0 Å². The van der Waals surface area contributed by atoms with Gasteiger partial charge in [-0.2, -0.15) is 0 Å². The van der Waals surface area contributed by atoms with Gasteiger partial charge in [-0.15, -0.1) is 0 Å². The summed E-state index contributed by atoms with van der Waals surface area (Å²) in [7, 11) is 3.02. The van der Waals surface area contributed by atoms with Crippen molar-refractivity contribution in [2.24, 2.45) is 0 Å². The van der Waals surface area contributed by atoms with Crippen LogP contribution in [0.3, 0.4) is 0 Å². The average Bonchev–Trinajstić information content (AvgIpc) is 2.65. The lowest BCUT2D eigenvalue weighted by Gasteiger charge is -2.10. The lowest BCUT2D eigenvalue weighted by Crippen LogP contribution is -2.13. The van der Waals surface area contributed by atoms with Gasteiger partial charge < -0.3 is 19.5 Å². The van der Waals surface area contributed by atoms with Gasteiger partial charge in [-0.25, -0.2) is 0 Å². The van der Waals surface area contributed by atoms with Gasteiger partial charge in [0.25, 0.3) is 5.69 Å². The Morgan fingerprint density at radius 1 is 1.08 bits per heavy atom. The molecule has 2 aromatic carbocycles. The molecule has 0 aliphatic rings. The molecule has 138 valence electrons. The number of nitrogens with zero attached hydrogens (tertiary/aromatic N) is 1. The van der Waals surface area contributed by atoms with E-state index in [1.807, 2.05) is 0 Å². The third kappa shape index (κ3) is 5.37. The molecule has 0 bridgehead atoms. The van der Waals surface area contributed by atoms with Crippen molar-refractivity contribution in [3.05, 3.63) is 52.6 Å². The molecular formula is C18H20N2O6. The van der Waals surface area contributed by atoms with Crippen LogP contribution in [-0.2, 0) is 4.79 Å². The maximum Gasteiger partial charge on any atom is 0.271 e. The van der Waals surface area contributed by atoms with E-state index in [4.69, 9.17) is 14.2 Å². The van der Waals surface area contributed by atoms with E-state index in [1.165, 1.54) is 25.3 Å². The van der Waals surface area contributed by atoms with Crippen molar-refractivity contribution < 1.29 is 23.9 Å². The second-order valence-corrected chi connectivity index (χ2v) is 5.32. The molecule has 2 rings (SSSR count). The molecule has 0 atom stereocenters. The first-order valence-electron chi connectivity index (χ1n) is 7.92. The van der Waals surface area contributed by atoms with Gasteiger partial charge in [-0.1, -0.05) is 0 Å². The number of rotatable bonds is 9. The molecule has 0 radical (unpaired) electrons. The highest BCUT2D eigenvalue weighted by molar-refractivity contribution is 5.92. The van der Waals surface area contributed by atoms with Gasteiger partial charge in [0, 0.05) is 18.6 Å². The topological polar surface area (TPSA) is 99.9 Å². The van der Waals surface area contributed by atoms with E-state index in [0.717, 1.165) is 5.75 Å². The van der Waals surface area contributed by atoms with Crippen LogP contribution in [-0.4, -0.2) is 31.7 Å². The van der Waals surface area contributed by atoms with E-state index in [1.54, 1.807) is 31.4 Å². The molecule has 26 heavy (non-hydrogen) atoms. The first-order valence-corrected chi connectivity index (χ1v) is 7.92. The SMILES string of the molecule is COc1ccc(OCCCC(=O)Nc2cc([N+](=O)[O-])ccc2OC)cc1. The van der Waals surface area contributed by atoms with Crippen LogP contribution in [0.25, 0.3) is 0 Å². The van der Waals surface area contributed by atoms with Crippen LogP contribution in [0.2, 0.25) is 0 Å². The van der Waals surface area contributed by atoms with Crippen LogP contribution in [0.4, 0.5) is 11.4 Å². The van der Waals surface area contributed by atoms with E-state index in [0.29, 0.717) is 24.5 Å². The molecule has 0 heterocycles. The van der Waals surface area contributed by atoms with Gasteiger partial charge in [0.05, 0.1) is 31.4 Å². The molecule has 0 aliphatic heterocycles. The van der Waals surface area contributed by atoms with Crippen molar-refractivity contribution in [2.75, 3.05) is 26.1 Å².